The maximum atomic E-state index is 14.3. The summed E-state index contributed by atoms with van der Waals surface area (Å²) in [5.74, 6) is 0. The summed E-state index contributed by atoms with van der Waals surface area (Å²) in [4.78, 5) is 15.9. The van der Waals surface area contributed by atoms with Crippen molar-refractivity contribution in [2.75, 3.05) is 5.32 Å². The molecule has 1 aromatic carbocycles. The summed E-state index contributed by atoms with van der Waals surface area (Å²) in [6.07, 6.45) is -8.31. The lowest BCUT2D eigenvalue weighted by molar-refractivity contribution is -0.348. The lowest BCUT2D eigenvalue weighted by atomic mass is 9.91. The van der Waals surface area contributed by atoms with Gasteiger partial charge >= 0.3 is 24.1 Å². The van der Waals surface area contributed by atoms with Crippen LogP contribution in [0.15, 0.2) is 47.8 Å². The van der Waals surface area contributed by atoms with Crippen LogP contribution in [0.1, 0.15) is 16.7 Å². The molecule has 0 saturated carbocycles. The number of hydrazone groups is 1. The first-order chi connectivity index (χ1) is 13.4. The van der Waals surface area contributed by atoms with Crippen molar-refractivity contribution in [1.29, 1.82) is 0 Å². The molecular weight excluding hydrogens is 409 g/mol. The van der Waals surface area contributed by atoms with Crippen LogP contribution in [0.5, 0.6) is 0 Å². The van der Waals surface area contributed by atoms with Crippen molar-refractivity contribution >= 4 is 17.9 Å². The minimum absolute atomic E-state index is 0.0433. The summed E-state index contributed by atoms with van der Waals surface area (Å²) in [6.45, 7) is -0.461. The van der Waals surface area contributed by atoms with Gasteiger partial charge in [-0.1, -0.05) is 12.1 Å². The van der Waals surface area contributed by atoms with E-state index in [4.69, 9.17) is 0 Å². The van der Waals surface area contributed by atoms with Gasteiger partial charge in [-0.15, -0.1) is 0 Å². The molecule has 0 radical (unpaired) electrons. The fraction of sp³-hybridized carbons (Fsp3) is 0.235. The normalized spacial score (nSPS) is 15.4. The van der Waals surface area contributed by atoms with E-state index in [1.165, 1.54) is 18.6 Å². The Morgan fingerprint density at radius 3 is 2.34 bits per heavy atom. The van der Waals surface area contributed by atoms with Crippen molar-refractivity contribution in [2.24, 2.45) is 5.10 Å². The Morgan fingerprint density at radius 1 is 1.07 bits per heavy atom. The van der Waals surface area contributed by atoms with Crippen molar-refractivity contribution in [3.05, 3.63) is 59.4 Å². The van der Waals surface area contributed by atoms with Crippen LogP contribution in [-0.2, 0) is 12.2 Å². The van der Waals surface area contributed by atoms with Gasteiger partial charge in [0.2, 0.25) is 0 Å². The number of urea groups is 1. The van der Waals surface area contributed by atoms with Crippen LogP contribution < -0.4 is 5.32 Å². The predicted molar refractivity (Wildman–Crippen MR) is 87.7 cm³/mol. The molecule has 5 nitrogen and oxygen atoms in total. The number of pyridine rings is 1. The first-order valence-electron chi connectivity index (χ1n) is 7.92. The van der Waals surface area contributed by atoms with Crippen molar-refractivity contribution in [2.45, 2.75) is 24.6 Å². The highest BCUT2D eigenvalue weighted by atomic mass is 19.4. The molecule has 0 bridgehead atoms. The summed E-state index contributed by atoms with van der Waals surface area (Å²) in [5.41, 5.74) is -6.90. The van der Waals surface area contributed by atoms with E-state index >= 15 is 0 Å². The Hall–Kier alpha value is -3.18. The minimum atomic E-state index is -6.23. The summed E-state index contributed by atoms with van der Waals surface area (Å²) in [5, 5.41) is 6.89. The maximum Gasteiger partial charge on any atom is 0.435 e. The number of alkyl halides is 7. The number of rotatable bonds is 3. The molecular formula is C17H11F7N4O. The SMILES string of the molecule is O=C1Nc2ccc(C(F)(C(F)(F)F)C(F)(F)F)cc2CN1/N=C/c1cccnc1. The van der Waals surface area contributed by atoms with Gasteiger partial charge < -0.3 is 5.32 Å². The van der Waals surface area contributed by atoms with Crippen LogP contribution in [0, 0.1) is 0 Å². The summed E-state index contributed by atoms with van der Waals surface area (Å²) >= 11 is 0. The number of hydrogen-bond acceptors (Lipinski definition) is 3. The highest BCUT2D eigenvalue weighted by Crippen LogP contribution is 2.53. The van der Waals surface area contributed by atoms with Gasteiger partial charge in [0.15, 0.2) is 0 Å². The topological polar surface area (TPSA) is 57.6 Å². The number of anilines is 1. The molecule has 0 unspecified atom stereocenters. The first kappa shape index (κ1) is 20.6. The number of aromatic nitrogens is 1. The van der Waals surface area contributed by atoms with Gasteiger partial charge in [0.1, 0.15) is 0 Å². The third kappa shape index (κ3) is 3.74. The third-order valence-corrected chi connectivity index (χ3v) is 4.11. The van der Waals surface area contributed by atoms with Crippen LogP contribution in [0.4, 0.5) is 41.2 Å². The molecule has 154 valence electrons. The predicted octanol–water partition coefficient (Wildman–Crippen LogP) is 4.75. The van der Waals surface area contributed by atoms with Crippen LogP contribution in [-0.4, -0.2) is 34.6 Å². The fourth-order valence-electron chi connectivity index (χ4n) is 2.64. The number of carbonyl (C=O) groups is 1. The van der Waals surface area contributed by atoms with Gasteiger partial charge in [0, 0.05) is 29.2 Å². The van der Waals surface area contributed by atoms with E-state index in [-0.39, 0.29) is 11.3 Å². The molecule has 0 spiro atoms. The average molecular weight is 420 g/mol. The maximum absolute atomic E-state index is 14.3. The van der Waals surface area contributed by atoms with E-state index in [0.29, 0.717) is 17.7 Å². The van der Waals surface area contributed by atoms with Crippen LogP contribution in [0.2, 0.25) is 0 Å². The molecule has 3 rings (SSSR count). The second kappa shape index (κ2) is 7.01. The molecule has 0 saturated heterocycles. The van der Waals surface area contributed by atoms with E-state index in [9.17, 15) is 35.5 Å². The quantitative estimate of drug-likeness (QED) is 0.576. The van der Waals surface area contributed by atoms with Gasteiger partial charge in [-0.3, -0.25) is 4.98 Å². The molecule has 1 N–H and O–H groups in total. The number of fused-ring (bicyclic) bond motifs is 1. The Morgan fingerprint density at radius 2 is 1.76 bits per heavy atom. The first-order valence-corrected chi connectivity index (χ1v) is 7.92. The second-order valence-corrected chi connectivity index (χ2v) is 6.04. The van der Waals surface area contributed by atoms with Gasteiger partial charge in [0.25, 0.3) is 0 Å². The second-order valence-electron chi connectivity index (χ2n) is 6.04. The molecule has 0 fully saturated rings. The Kier molecular flexibility index (Phi) is 4.97. The van der Waals surface area contributed by atoms with Crippen molar-refractivity contribution in [3.63, 3.8) is 0 Å². The smallest absolute Gasteiger partial charge is 0.306 e. The highest BCUT2D eigenvalue weighted by molar-refractivity contribution is 5.93. The molecule has 0 atom stereocenters. The number of nitrogens with one attached hydrogen (secondary N) is 1. The molecule has 1 aliphatic heterocycles. The minimum Gasteiger partial charge on any atom is -0.306 e. The molecule has 12 heteroatoms. The molecule has 2 amide bonds. The number of nitrogens with zero attached hydrogens (tertiary/aromatic N) is 3. The van der Waals surface area contributed by atoms with Crippen LogP contribution in [0.25, 0.3) is 0 Å². The van der Waals surface area contributed by atoms with Crippen molar-refractivity contribution in [1.82, 2.24) is 9.99 Å². The molecule has 2 heterocycles. The standard InChI is InChI=1S/C17H11F7N4O/c18-15(16(19,20)21,17(22,23)24)12-3-4-13-11(6-12)9-28(14(29)27-13)26-8-10-2-1-5-25-7-10/h1-8H,9H2,(H,27,29)/b26-8+. The number of halogens is 7. The molecule has 2 aromatic rings. The van der Waals surface area contributed by atoms with E-state index in [2.05, 4.69) is 15.4 Å². The number of amides is 2. The fourth-order valence-corrected chi connectivity index (χ4v) is 2.64. The van der Waals surface area contributed by atoms with Crippen LogP contribution in [0.3, 0.4) is 0 Å². The van der Waals surface area contributed by atoms with E-state index in [1.54, 1.807) is 12.1 Å². The summed E-state index contributed by atoms with van der Waals surface area (Å²) in [7, 11) is 0. The highest BCUT2D eigenvalue weighted by Gasteiger charge is 2.73. The van der Waals surface area contributed by atoms with Gasteiger partial charge in [-0.25, -0.2) is 14.2 Å². The van der Waals surface area contributed by atoms with E-state index in [1.807, 2.05) is 0 Å². The number of hydrogen-bond donors (Lipinski definition) is 1. The lowest BCUT2D eigenvalue weighted by Crippen LogP contribution is -2.50. The zero-order chi connectivity index (χ0) is 21.4. The molecule has 1 aliphatic rings. The van der Waals surface area contributed by atoms with Crippen molar-refractivity contribution in [3.8, 4) is 0 Å². The lowest BCUT2D eigenvalue weighted by Gasteiger charge is -2.32. The van der Waals surface area contributed by atoms with Gasteiger partial charge in [0.05, 0.1) is 12.8 Å². The Balaban J connectivity index is 1.96. The van der Waals surface area contributed by atoms with E-state index < -0.39 is 36.2 Å². The van der Waals surface area contributed by atoms with E-state index in [0.717, 1.165) is 11.1 Å². The third-order valence-electron chi connectivity index (χ3n) is 4.11. The van der Waals surface area contributed by atoms with Crippen LogP contribution >= 0.6 is 0 Å². The molecule has 0 aliphatic carbocycles. The number of carbonyl (C=O) groups excluding carboxylic acids is 1. The summed E-state index contributed by atoms with van der Waals surface area (Å²) in [6, 6.07) is 3.99. The number of benzene rings is 1. The average Bonchev–Trinajstić information content (AvgIpc) is 2.64. The van der Waals surface area contributed by atoms with Gasteiger partial charge in [-0.05, 0) is 23.8 Å². The Bertz CT molecular complexity index is 927. The molecule has 29 heavy (non-hydrogen) atoms. The largest absolute Gasteiger partial charge is 0.435 e. The Labute approximate surface area is 158 Å². The summed E-state index contributed by atoms with van der Waals surface area (Å²) < 4.78 is 92.0. The molecule has 1 aromatic heterocycles. The van der Waals surface area contributed by atoms with Gasteiger partial charge in [-0.2, -0.15) is 31.4 Å². The zero-order valence-electron chi connectivity index (χ0n) is 14.2. The zero-order valence-corrected chi connectivity index (χ0v) is 14.2. The van der Waals surface area contributed by atoms with Crippen molar-refractivity contribution < 1.29 is 35.5 Å². The monoisotopic (exact) mass is 420 g/mol.